The summed E-state index contributed by atoms with van der Waals surface area (Å²) in [5.41, 5.74) is 1.58. The van der Waals surface area contributed by atoms with Gasteiger partial charge in [-0.3, -0.25) is 9.69 Å². The number of nitrogens with one attached hydrogen (secondary N) is 1. The normalized spacial score (nSPS) is 15.7. The van der Waals surface area contributed by atoms with Crippen LogP contribution < -0.4 is 10.1 Å². The highest BCUT2D eigenvalue weighted by atomic mass is 35.5. The maximum absolute atomic E-state index is 12.7. The molecule has 8 heteroatoms. The fourth-order valence-corrected chi connectivity index (χ4v) is 3.88. The van der Waals surface area contributed by atoms with Crippen molar-refractivity contribution in [3.63, 3.8) is 0 Å². The van der Waals surface area contributed by atoms with Crippen molar-refractivity contribution in [2.75, 3.05) is 19.1 Å². The zero-order valence-corrected chi connectivity index (χ0v) is 16.8. The molecule has 4 nitrogen and oxygen atoms in total. The number of carbonyl (C=O) groups excluding carboxylic acids is 1. The molecular formula is C18H14Cl2N2O2S2. The van der Waals surface area contributed by atoms with Gasteiger partial charge in [0.1, 0.15) is 10.1 Å². The Morgan fingerprint density at radius 2 is 2.00 bits per heavy atom. The van der Waals surface area contributed by atoms with E-state index in [1.807, 2.05) is 24.3 Å². The second-order valence-electron chi connectivity index (χ2n) is 5.32. The number of ether oxygens (including phenoxy) is 1. The zero-order chi connectivity index (χ0) is 18.7. The molecule has 1 amide bonds. The number of para-hydroxylation sites is 1. The van der Waals surface area contributed by atoms with Gasteiger partial charge in [-0.2, -0.15) is 0 Å². The molecule has 1 fully saturated rings. The topological polar surface area (TPSA) is 41.6 Å². The first-order valence-corrected chi connectivity index (χ1v) is 9.55. The van der Waals surface area contributed by atoms with Crippen LogP contribution in [0.3, 0.4) is 0 Å². The summed E-state index contributed by atoms with van der Waals surface area (Å²) in [5, 5.41) is 4.05. The van der Waals surface area contributed by atoms with Crippen LogP contribution in [0.15, 0.2) is 47.4 Å². The zero-order valence-electron chi connectivity index (χ0n) is 13.7. The van der Waals surface area contributed by atoms with Gasteiger partial charge in [0.15, 0.2) is 0 Å². The summed E-state index contributed by atoms with van der Waals surface area (Å²) in [6.45, 7) is 0.242. The van der Waals surface area contributed by atoms with Gasteiger partial charge in [-0.25, -0.2) is 0 Å². The summed E-state index contributed by atoms with van der Waals surface area (Å²) in [4.78, 5) is 14.7. The Hall–Kier alpha value is -1.73. The average Bonchev–Trinajstić information content (AvgIpc) is 2.90. The maximum Gasteiger partial charge on any atom is 0.267 e. The molecule has 0 saturated carbocycles. The second kappa shape index (κ2) is 8.31. The smallest absolute Gasteiger partial charge is 0.267 e. The lowest BCUT2D eigenvalue weighted by Gasteiger charge is -2.16. The van der Waals surface area contributed by atoms with Crippen LogP contribution in [-0.2, 0) is 4.79 Å². The molecular weight excluding hydrogens is 411 g/mol. The highest BCUT2D eigenvalue weighted by molar-refractivity contribution is 8.26. The Kier molecular flexibility index (Phi) is 6.09. The third kappa shape index (κ3) is 4.15. The Morgan fingerprint density at radius 3 is 2.73 bits per heavy atom. The minimum absolute atomic E-state index is 0.154. The third-order valence-corrected chi connectivity index (χ3v) is 5.78. The summed E-state index contributed by atoms with van der Waals surface area (Å²) < 4.78 is 5.81. The monoisotopic (exact) mass is 424 g/mol. The minimum Gasteiger partial charge on any atom is -0.496 e. The predicted octanol–water partition coefficient (Wildman–Crippen LogP) is 5.27. The average molecular weight is 425 g/mol. The van der Waals surface area contributed by atoms with Crippen molar-refractivity contribution in [2.24, 2.45) is 0 Å². The van der Waals surface area contributed by atoms with Crippen molar-refractivity contribution >= 4 is 69.2 Å². The van der Waals surface area contributed by atoms with Crippen LogP contribution in [-0.4, -0.2) is 28.9 Å². The van der Waals surface area contributed by atoms with Crippen molar-refractivity contribution in [1.82, 2.24) is 4.90 Å². The van der Waals surface area contributed by atoms with Crippen molar-refractivity contribution < 1.29 is 9.53 Å². The van der Waals surface area contributed by atoms with Crippen LogP contribution in [0.1, 0.15) is 5.56 Å². The molecule has 0 unspecified atom stereocenters. The molecule has 1 saturated heterocycles. The van der Waals surface area contributed by atoms with Crippen LogP contribution in [0.5, 0.6) is 5.75 Å². The fraction of sp³-hybridized carbons (Fsp3) is 0.111. The van der Waals surface area contributed by atoms with E-state index in [-0.39, 0.29) is 12.6 Å². The maximum atomic E-state index is 12.7. The summed E-state index contributed by atoms with van der Waals surface area (Å²) in [5.74, 6) is 0.546. The summed E-state index contributed by atoms with van der Waals surface area (Å²) in [7, 11) is 1.60. The number of rotatable bonds is 5. The van der Waals surface area contributed by atoms with E-state index in [1.165, 1.54) is 16.7 Å². The van der Waals surface area contributed by atoms with Gasteiger partial charge < -0.3 is 10.1 Å². The number of thiocarbonyl (C=S) groups is 1. The largest absolute Gasteiger partial charge is 0.496 e. The van der Waals surface area contributed by atoms with Crippen LogP contribution in [0, 0.1) is 0 Å². The first-order chi connectivity index (χ1) is 12.5. The van der Waals surface area contributed by atoms with Gasteiger partial charge in [0.2, 0.25) is 0 Å². The lowest BCUT2D eigenvalue weighted by atomic mass is 10.2. The molecule has 0 radical (unpaired) electrons. The number of methoxy groups -OCH3 is 1. The number of hydrogen-bond donors (Lipinski definition) is 1. The first-order valence-electron chi connectivity index (χ1n) is 7.57. The van der Waals surface area contributed by atoms with Gasteiger partial charge in [0.25, 0.3) is 5.91 Å². The van der Waals surface area contributed by atoms with Crippen molar-refractivity contribution in [3.8, 4) is 5.75 Å². The number of amides is 1. The van der Waals surface area contributed by atoms with Gasteiger partial charge in [-0.1, -0.05) is 65.4 Å². The molecule has 134 valence electrons. The van der Waals surface area contributed by atoms with Gasteiger partial charge in [-0.15, -0.1) is 0 Å². The van der Waals surface area contributed by atoms with Crippen LogP contribution in [0.25, 0.3) is 6.08 Å². The number of nitrogens with zero attached hydrogens (tertiary/aromatic N) is 1. The van der Waals surface area contributed by atoms with E-state index >= 15 is 0 Å². The minimum atomic E-state index is -0.154. The number of halogens is 2. The third-order valence-electron chi connectivity index (χ3n) is 3.66. The number of hydrogen-bond acceptors (Lipinski definition) is 5. The highest BCUT2D eigenvalue weighted by Gasteiger charge is 2.32. The van der Waals surface area contributed by atoms with Crippen molar-refractivity contribution in [2.45, 2.75) is 0 Å². The lowest BCUT2D eigenvalue weighted by Crippen LogP contribution is -2.33. The number of benzene rings is 2. The van der Waals surface area contributed by atoms with Gasteiger partial charge >= 0.3 is 0 Å². The number of anilines is 1. The van der Waals surface area contributed by atoms with E-state index < -0.39 is 0 Å². The summed E-state index contributed by atoms with van der Waals surface area (Å²) in [6, 6.07) is 12.7. The molecule has 26 heavy (non-hydrogen) atoms. The number of carbonyl (C=O) groups is 1. The molecule has 0 atom stereocenters. The highest BCUT2D eigenvalue weighted by Crippen LogP contribution is 2.34. The van der Waals surface area contributed by atoms with E-state index in [9.17, 15) is 4.79 Å². The predicted molar refractivity (Wildman–Crippen MR) is 113 cm³/mol. The summed E-state index contributed by atoms with van der Waals surface area (Å²) >= 11 is 18.5. The van der Waals surface area contributed by atoms with Gasteiger partial charge in [0.05, 0.1) is 28.7 Å². The molecule has 1 aliphatic heterocycles. The first kappa shape index (κ1) is 19.0. The lowest BCUT2D eigenvalue weighted by molar-refractivity contribution is -0.121. The van der Waals surface area contributed by atoms with E-state index in [0.29, 0.717) is 25.0 Å². The SMILES string of the molecule is COc1ccccc1C=C1SC(=S)N(CNc2ccc(Cl)c(Cl)c2)C1=O. The molecule has 0 aliphatic carbocycles. The van der Waals surface area contributed by atoms with E-state index in [0.717, 1.165) is 11.3 Å². The summed E-state index contributed by atoms with van der Waals surface area (Å²) in [6.07, 6.45) is 1.79. The molecule has 0 spiro atoms. The number of thioether (sulfide) groups is 1. The Bertz CT molecular complexity index is 903. The standard InChI is InChI=1S/C18H14Cl2N2O2S2/c1-24-15-5-3-2-4-11(15)8-16-17(23)22(18(25)26-16)10-21-12-6-7-13(19)14(20)9-12/h2-9,21H,10H2,1H3. The molecule has 2 aromatic rings. The van der Waals surface area contributed by atoms with Crippen molar-refractivity contribution in [3.05, 3.63) is 63.0 Å². The van der Waals surface area contributed by atoms with Crippen molar-refractivity contribution in [1.29, 1.82) is 0 Å². The molecule has 0 aromatic heterocycles. The molecule has 1 aliphatic rings. The molecule has 2 aromatic carbocycles. The quantitative estimate of drug-likeness (QED) is 0.522. The Balaban J connectivity index is 1.74. The Labute approximate surface area is 171 Å². The van der Waals surface area contributed by atoms with Crippen LogP contribution in [0.4, 0.5) is 5.69 Å². The van der Waals surface area contributed by atoms with E-state index in [4.69, 9.17) is 40.2 Å². The van der Waals surface area contributed by atoms with Gasteiger partial charge in [0, 0.05) is 11.3 Å². The van der Waals surface area contributed by atoms with Crippen LogP contribution >= 0.6 is 47.2 Å². The molecule has 0 bridgehead atoms. The second-order valence-corrected chi connectivity index (χ2v) is 7.81. The molecule has 1 N–H and O–H groups in total. The fourth-order valence-electron chi connectivity index (χ4n) is 2.34. The van der Waals surface area contributed by atoms with Crippen LogP contribution in [0.2, 0.25) is 10.0 Å². The molecule has 3 rings (SSSR count). The van der Waals surface area contributed by atoms with E-state index in [2.05, 4.69) is 5.32 Å². The Morgan fingerprint density at radius 1 is 1.23 bits per heavy atom. The molecule has 1 heterocycles. The van der Waals surface area contributed by atoms with E-state index in [1.54, 1.807) is 31.4 Å². The van der Waals surface area contributed by atoms with Gasteiger partial charge in [-0.05, 0) is 30.3 Å².